The molecule has 0 aliphatic carbocycles. The number of esters is 1. The van der Waals surface area contributed by atoms with Gasteiger partial charge in [-0.2, -0.15) is 0 Å². The second-order valence-corrected chi connectivity index (χ2v) is 3.81. The van der Waals surface area contributed by atoms with Gasteiger partial charge in [-0.05, 0) is 6.92 Å². The highest BCUT2D eigenvalue weighted by Gasteiger charge is 2.15. The van der Waals surface area contributed by atoms with E-state index in [-0.39, 0.29) is 55.8 Å². The number of rotatable bonds is 8. The van der Waals surface area contributed by atoms with Crippen molar-refractivity contribution in [2.75, 3.05) is 38.8 Å². The fraction of sp³-hybridized carbons (Fsp3) is 0.462. The topological polar surface area (TPSA) is 111 Å². The third-order valence-corrected chi connectivity index (χ3v) is 2.35. The van der Waals surface area contributed by atoms with Gasteiger partial charge in [0.15, 0.2) is 11.5 Å². The molecule has 1 aromatic carbocycles. The second kappa shape index (κ2) is 8.23. The van der Waals surface area contributed by atoms with E-state index in [2.05, 4.69) is 0 Å². The Labute approximate surface area is 116 Å². The van der Waals surface area contributed by atoms with Crippen molar-refractivity contribution in [3.05, 3.63) is 17.7 Å². The van der Waals surface area contributed by atoms with Crippen LogP contribution in [0, 0.1) is 0 Å². The average molecular weight is 285 g/mol. The van der Waals surface area contributed by atoms with Crippen molar-refractivity contribution in [1.29, 1.82) is 0 Å². The number of nitrogen functional groups attached to an aromatic ring is 1. The minimum absolute atomic E-state index is 0.0631. The van der Waals surface area contributed by atoms with Gasteiger partial charge in [-0.3, -0.25) is 0 Å². The molecule has 0 spiro atoms. The quantitative estimate of drug-likeness (QED) is 0.276. The second-order valence-electron chi connectivity index (χ2n) is 3.81. The average Bonchev–Trinajstić information content (AvgIpc) is 2.42. The monoisotopic (exact) mass is 285 g/mol. The molecular weight excluding hydrogens is 266 g/mol. The Hall–Kier alpha value is -1.99. The summed E-state index contributed by atoms with van der Waals surface area (Å²) in [4.78, 5) is 11.6. The van der Waals surface area contributed by atoms with Crippen molar-refractivity contribution >= 4 is 11.7 Å². The lowest BCUT2D eigenvalue weighted by atomic mass is 10.1. The molecule has 0 aliphatic rings. The van der Waals surface area contributed by atoms with Crippen LogP contribution in [0.15, 0.2) is 12.1 Å². The standard InChI is InChI=1S/C13H19NO6/c1-2-19-13(17)9-7-11(16)12(8-10(9)14)20-6-5-18-4-3-15/h7-8,15-16H,2-6,14H2,1H3. The Morgan fingerprint density at radius 1 is 1.30 bits per heavy atom. The Morgan fingerprint density at radius 2 is 2.05 bits per heavy atom. The molecule has 20 heavy (non-hydrogen) atoms. The SMILES string of the molecule is CCOC(=O)c1cc(O)c(OCCOCCO)cc1N. The molecule has 4 N–H and O–H groups in total. The van der Waals surface area contributed by atoms with Gasteiger partial charge in [0.2, 0.25) is 0 Å². The predicted octanol–water partition coefficient (Wildman–Crippen LogP) is 0.539. The highest BCUT2D eigenvalue weighted by Crippen LogP contribution is 2.31. The third-order valence-electron chi connectivity index (χ3n) is 2.35. The Bertz CT molecular complexity index is 449. The maximum Gasteiger partial charge on any atom is 0.340 e. The van der Waals surface area contributed by atoms with Gasteiger partial charge < -0.3 is 30.2 Å². The molecule has 0 amide bonds. The van der Waals surface area contributed by atoms with Crippen LogP contribution >= 0.6 is 0 Å². The normalized spacial score (nSPS) is 10.3. The van der Waals surface area contributed by atoms with Crippen molar-refractivity contribution in [2.45, 2.75) is 6.92 Å². The zero-order chi connectivity index (χ0) is 15.0. The molecule has 7 nitrogen and oxygen atoms in total. The molecule has 0 saturated heterocycles. The van der Waals surface area contributed by atoms with Crippen LogP contribution in [0.2, 0.25) is 0 Å². The molecule has 0 fully saturated rings. The Kier molecular flexibility index (Phi) is 6.61. The van der Waals surface area contributed by atoms with E-state index in [1.54, 1.807) is 6.92 Å². The number of carbonyl (C=O) groups is 1. The van der Waals surface area contributed by atoms with Crippen LogP contribution in [0.1, 0.15) is 17.3 Å². The summed E-state index contributed by atoms with van der Waals surface area (Å²) in [6.07, 6.45) is 0. The van der Waals surface area contributed by atoms with E-state index >= 15 is 0 Å². The summed E-state index contributed by atoms with van der Waals surface area (Å²) < 4.78 is 15.1. The number of hydrogen-bond donors (Lipinski definition) is 3. The molecule has 0 saturated carbocycles. The van der Waals surface area contributed by atoms with Gasteiger partial charge in [0.25, 0.3) is 0 Å². The fourth-order valence-electron chi connectivity index (χ4n) is 1.46. The van der Waals surface area contributed by atoms with E-state index in [9.17, 15) is 9.90 Å². The molecule has 0 bridgehead atoms. The molecule has 112 valence electrons. The summed E-state index contributed by atoms with van der Waals surface area (Å²) in [5.41, 5.74) is 5.97. The summed E-state index contributed by atoms with van der Waals surface area (Å²) in [5.74, 6) is -0.648. The number of anilines is 1. The maximum atomic E-state index is 11.6. The lowest BCUT2D eigenvalue weighted by molar-refractivity contribution is 0.0527. The molecule has 0 radical (unpaired) electrons. The van der Waals surface area contributed by atoms with E-state index in [0.29, 0.717) is 0 Å². The zero-order valence-corrected chi connectivity index (χ0v) is 11.3. The van der Waals surface area contributed by atoms with Gasteiger partial charge in [0.05, 0.1) is 37.7 Å². The fourth-order valence-corrected chi connectivity index (χ4v) is 1.46. The number of aliphatic hydroxyl groups is 1. The Morgan fingerprint density at radius 3 is 2.70 bits per heavy atom. The minimum atomic E-state index is -0.599. The van der Waals surface area contributed by atoms with E-state index < -0.39 is 5.97 Å². The van der Waals surface area contributed by atoms with Crippen molar-refractivity contribution < 1.29 is 29.2 Å². The van der Waals surface area contributed by atoms with Crippen molar-refractivity contribution in [3.8, 4) is 11.5 Å². The first-order valence-corrected chi connectivity index (χ1v) is 6.21. The van der Waals surface area contributed by atoms with Gasteiger partial charge >= 0.3 is 5.97 Å². The van der Waals surface area contributed by atoms with Gasteiger partial charge in [0, 0.05) is 12.1 Å². The zero-order valence-electron chi connectivity index (χ0n) is 11.3. The largest absolute Gasteiger partial charge is 0.504 e. The highest BCUT2D eigenvalue weighted by molar-refractivity contribution is 5.96. The molecule has 0 unspecified atom stereocenters. The minimum Gasteiger partial charge on any atom is -0.504 e. The smallest absolute Gasteiger partial charge is 0.340 e. The lowest BCUT2D eigenvalue weighted by Crippen LogP contribution is -2.11. The van der Waals surface area contributed by atoms with Crippen LogP contribution in [-0.2, 0) is 9.47 Å². The molecule has 0 atom stereocenters. The van der Waals surface area contributed by atoms with Gasteiger partial charge in [-0.1, -0.05) is 0 Å². The highest BCUT2D eigenvalue weighted by atomic mass is 16.5. The van der Waals surface area contributed by atoms with Gasteiger partial charge in [-0.15, -0.1) is 0 Å². The molecular formula is C13H19NO6. The van der Waals surface area contributed by atoms with Crippen LogP contribution < -0.4 is 10.5 Å². The number of benzene rings is 1. The molecule has 7 heteroatoms. The molecule has 1 rings (SSSR count). The van der Waals surface area contributed by atoms with Crippen LogP contribution in [-0.4, -0.2) is 49.2 Å². The first-order chi connectivity index (χ1) is 9.60. The number of hydrogen-bond acceptors (Lipinski definition) is 7. The van der Waals surface area contributed by atoms with Crippen molar-refractivity contribution in [2.24, 2.45) is 0 Å². The van der Waals surface area contributed by atoms with Crippen LogP contribution in [0.4, 0.5) is 5.69 Å². The number of ether oxygens (including phenoxy) is 3. The Balaban J connectivity index is 2.66. The summed E-state index contributed by atoms with van der Waals surface area (Å²) >= 11 is 0. The molecule has 1 aromatic rings. The lowest BCUT2D eigenvalue weighted by Gasteiger charge is -2.11. The van der Waals surface area contributed by atoms with E-state index in [0.717, 1.165) is 0 Å². The van der Waals surface area contributed by atoms with E-state index in [4.69, 9.17) is 25.1 Å². The van der Waals surface area contributed by atoms with E-state index in [1.165, 1.54) is 12.1 Å². The number of nitrogens with two attached hydrogens (primary N) is 1. The van der Waals surface area contributed by atoms with Crippen molar-refractivity contribution in [1.82, 2.24) is 0 Å². The maximum absolute atomic E-state index is 11.6. The summed E-state index contributed by atoms with van der Waals surface area (Å²) in [7, 11) is 0. The van der Waals surface area contributed by atoms with Crippen LogP contribution in [0.25, 0.3) is 0 Å². The van der Waals surface area contributed by atoms with Crippen molar-refractivity contribution in [3.63, 3.8) is 0 Å². The van der Waals surface area contributed by atoms with Crippen LogP contribution in [0.3, 0.4) is 0 Å². The summed E-state index contributed by atoms with van der Waals surface area (Å²) in [6, 6.07) is 2.56. The number of aromatic hydroxyl groups is 1. The predicted molar refractivity (Wildman–Crippen MR) is 71.9 cm³/mol. The molecule has 0 heterocycles. The molecule has 0 aromatic heterocycles. The summed E-state index contributed by atoms with van der Waals surface area (Å²) in [5, 5.41) is 18.3. The first-order valence-electron chi connectivity index (χ1n) is 6.21. The number of aliphatic hydroxyl groups excluding tert-OH is 1. The number of carbonyl (C=O) groups excluding carboxylic acids is 1. The van der Waals surface area contributed by atoms with Gasteiger partial charge in [-0.25, -0.2) is 4.79 Å². The first kappa shape index (κ1) is 16.1. The summed E-state index contributed by atoms with van der Waals surface area (Å²) in [6.45, 7) is 2.51. The van der Waals surface area contributed by atoms with Crippen LogP contribution in [0.5, 0.6) is 11.5 Å². The third kappa shape index (κ3) is 4.60. The number of phenolic OH excluding ortho intramolecular Hbond substituents is 1. The van der Waals surface area contributed by atoms with Gasteiger partial charge in [0.1, 0.15) is 6.61 Å². The number of phenols is 1. The molecule has 0 aliphatic heterocycles. The van der Waals surface area contributed by atoms with E-state index in [1.807, 2.05) is 0 Å².